The standard InChI is InChI=1S/C27H31N3O4/c1-27(2,29-25(31)19-34-24-6-4-3-5-7-24)26(32)30-12-13-33-18-21(17-30)14-20-8-9-22-10-11-28-16-23(22)15-20/h3-11,15-16,21H,12-14,17-19H2,1-2H3,(H,29,31)/t21-/m0/s1. The van der Waals surface area contributed by atoms with Crippen molar-refractivity contribution in [2.24, 2.45) is 5.92 Å². The van der Waals surface area contributed by atoms with Crippen LogP contribution in [0.25, 0.3) is 10.8 Å². The molecule has 34 heavy (non-hydrogen) atoms. The minimum absolute atomic E-state index is 0.126. The molecule has 0 aliphatic carbocycles. The molecule has 0 bridgehead atoms. The summed E-state index contributed by atoms with van der Waals surface area (Å²) in [5.41, 5.74) is 0.134. The van der Waals surface area contributed by atoms with E-state index >= 15 is 0 Å². The second-order valence-electron chi connectivity index (χ2n) is 9.23. The highest BCUT2D eigenvalue weighted by Gasteiger charge is 2.35. The van der Waals surface area contributed by atoms with Crippen LogP contribution in [0.15, 0.2) is 67.0 Å². The average molecular weight is 462 g/mol. The van der Waals surface area contributed by atoms with Crippen molar-refractivity contribution < 1.29 is 19.1 Å². The highest BCUT2D eigenvalue weighted by atomic mass is 16.5. The Morgan fingerprint density at radius 3 is 2.79 bits per heavy atom. The van der Waals surface area contributed by atoms with E-state index in [1.807, 2.05) is 30.5 Å². The zero-order valence-electron chi connectivity index (χ0n) is 19.7. The van der Waals surface area contributed by atoms with Crippen LogP contribution >= 0.6 is 0 Å². The van der Waals surface area contributed by atoms with Crippen LogP contribution in [-0.4, -0.2) is 60.1 Å². The Morgan fingerprint density at radius 1 is 1.15 bits per heavy atom. The summed E-state index contributed by atoms with van der Waals surface area (Å²) >= 11 is 0. The van der Waals surface area contributed by atoms with Gasteiger partial charge in [0.1, 0.15) is 11.3 Å². The molecule has 0 spiro atoms. The van der Waals surface area contributed by atoms with Crippen molar-refractivity contribution in [1.29, 1.82) is 0 Å². The van der Waals surface area contributed by atoms with Crippen LogP contribution in [0.2, 0.25) is 0 Å². The number of carbonyl (C=O) groups excluding carboxylic acids is 2. The number of pyridine rings is 1. The molecule has 7 nitrogen and oxygen atoms in total. The number of benzene rings is 2. The minimum Gasteiger partial charge on any atom is -0.484 e. The Morgan fingerprint density at radius 2 is 1.97 bits per heavy atom. The van der Waals surface area contributed by atoms with Gasteiger partial charge in [-0.15, -0.1) is 0 Å². The highest BCUT2D eigenvalue weighted by Crippen LogP contribution is 2.20. The molecule has 1 saturated heterocycles. The van der Waals surface area contributed by atoms with Gasteiger partial charge in [0.15, 0.2) is 6.61 Å². The van der Waals surface area contributed by atoms with Crippen molar-refractivity contribution in [3.8, 4) is 5.75 Å². The lowest BCUT2D eigenvalue weighted by atomic mass is 9.96. The second-order valence-corrected chi connectivity index (χ2v) is 9.23. The molecule has 1 N–H and O–H groups in total. The Kier molecular flexibility index (Phi) is 7.43. The van der Waals surface area contributed by atoms with Crippen molar-refractivity contribution in [2.75, 3.05) is 32.9 Å². The summed E-state index contributed by atoms with van der Waals surface area (Å²) in [6, 6.07) is 17.5. The van der Waals surface area contributed by atoms with Crippen LogP contribution in [-0.2, 0) is 20.7 Å². The fraction of sp³-hybridized carbons (Fsp3) is 0.370. The number of rotatable bonds is 7. The predicted octanol–water partition coefficient (Wildman–Crippen LogP) is 3.23. The van der Waals surface area contributed by atoms with Crippen molar-refractivity contribution in [3.05, 3.63) is 72.6 Å². The van der Waals surface area contributed by atoms with Gasteiger partial charge < -0.3 is 19.7 Å². The van der Waals surface area contributed by atoms with Crippen LogP contribution in [0.3, 0.4) is 0 Å². The third-order valence-corrected chi connectivity index (χ3v) is 5.95. The van der Waals surface area contributed by atoms with Gasteiger partial charge in [0.25, 0.3) is 5.91 Å². The van der Waals surface area contributed by atoms with Crippen LogP contribution in [0.5, 0.6) is 5.75 Å². The lowest BCUT2D eigenvalue weighted by Crippen LogP contribution is -2.57. The van der Waals surface area contributed by atoms with E-state index in [1.165, 1.54) is 5.56 Å². The molecular weight excluding hydrogens is 430 g/mol. The van der Waals surface area contributed by atoms with Gasteiger partial charge >= 0.3 is 0 Å². The van der Waals surface area contributed by atoms with Crippen molar-refractivity contribution in [3.63, 3.8) is 0 Å². The quantitative estimate of drug-likeness (QED) is 0.584. The molecule has 2 heterocycles. The summed E-state index contributed by atoms with van der Waals surface area (Å²) < 4.78 is 11.3. The molecule has 1 fully saturated rings. The first-order chi connectivity index (χ1) is 16.4. The first-order valence-electron chi connectivity index (χ1n) is 11.6. The molecule has 7 heteroatoms. The van der Waals surface area contributed by atoms with E-state index < -0.39 is 5.54 Å². The molecule has 0 saturated carbocycles. The molecule has 4 rings (SSSR count). The first kappa shape index (κ1) is 23.7. The molecule has 3 aromatic rings. The summed E-state index contributed by atoms with van der Waals surface area (Å²) in [5, 5.41) is 5.08. The summed E-state index contributed by atoms with van der Waals surface area (Å²) in [5.74, 6) is 0.306. The molecule has 0 radical (unpaired) electrons. The average Bonchev–Trinajstić information content (AvgIpc) is 3.08. The number of ether oxygens (including phenoxy) is 2. The lowest BCUT2D eigenvalue weighted by molar-refractivity contribution is -0.141. The fourth-order valence-electron chi connectivity index (χ4n) is 4.28. The third-order valence-electron chi connectivity index (χ3n) is 5.95. The van der Waals surface area contributed by atoms with Gasteiger partial charge in [0.2, 0.25) is 5.91 Å². The molecular formula is C27H31N3O4. The molecule has 178 valence electrons. The van der Waals surface area contributed by atoms with Gasteiger partial charge in [0.05, 0.1) is 13.2 Å². The van der Waals surface area contributed by atoms with Gasteiger partial charge in [-0.2, -0.15) is 0 Å². The Bertz CT molecular complexity index is 1130. The van der Waals surface area contributed by atoms with E-state index in [1.54, 1.807) is 37.1 Å². The molecule has 1 aliphatic heterocycles. The van der Waals surface area contributed by atoms with E-state index in [0.717, 1.165) is 17.2 Å². The van der Waals surface area contributed by atoms with E-state index in [9.17, 15) is 9.59 Å². The van der Waals surface area contributed by atoms with Gasteiger partial charge in [0, 0.05) is 36.8 Å². The number of hydrogen-bond donors (Lipinski definition) is 1. The number of para-hydroxylation sites is 1. The second kappa shape index (κ2) is 10.7. The van der Waals surface area contributed by atoms with Gasteiger partial charge in [-0.1, -0.05) is 30.3 Å². The number of nitrogens with one attached hydrogen (secondary N) is 1. The Labute approximate surface area is 200 Å². The lowest BCUT2D eigenvalue weighted by Gasteiger charge is -2.33. The number of hydrogen-bond acceptors (Lipinski definition) is 5. The largest absolute Gasteiger partial charge is 0.484 e. The van der Waals surface area contributed by atoms with Crippen molar-refractivity contribution in [1.82, 2.24) is 15.2 Å². The van der Waals surface area contributed by atoms with Gasteiger partial charge in [-0.25, -0.2) is 0 Å². The maximum atomic E-state index is 13.4. The number of nitrogens with zero attached hydrogens (tertiary/aromatic N) is 2. The summed E-state index contributed by atoms with van der Waals surface area (Å²) in [6.45, 7) is 5.45. The maximum Gasteiger partial charge on any atom is 0.258 e. The summed E-state index contributed by atoms with van der Waals surface area (Å²) in [4.78, 5) is 31.8. The topological polar surface area (TPSA) is 80.8 Å². The van der Waals surface area contributed by atoms with Crippen LogP contribution in [0.1, 0.15) is 19.4 Å². The third kappa shape index (κ3) is 6.11. The number of carbonyl (C=O) groups is 2. The monoisotopic (exact) mass is 461 g/mol. The van der Waals surface area contributed by atoms with Crippen LogP contribution in [0.4, 0.5) is 0 Å². The molecule has 0 unspecified atom stereocenters. The van der Waals surface area contributed by atoms with E-state index in [-0.39, 0.29) is 24.3 Å². The Balaban J connectivity index is 1.36. The smallest absolute Gasteiger partial charge is 0.258 e. The zero-order chi connectivity index (χ0) is 24.0. The summed E-state index contributed by atoms with van der Waals surface area (Å²) in [7, 11) is 0. The maximum absolute atomic E-state index is 13.4. The number of fused-ring (bicyclic) bond motifs is 1. The van der Waals surface area contributed by atoms with Crippen molar-refractivity contribution >= 4 is 22.6 Å². The Hall–Kier alpha value is -3.45. The minimum atomic E-state index is -1.05. The van der Waals surface area contributed by atoms with Crippen LogP contribution < -0.4 is 10.1 Å². The van der Waals surface area contributed by atoms with Crippen molar-refractivity contribution in [2.45, 2.75) is 25.8 Å². The molecule has 2 amide bonds. The van der Waals surface area contributed by atoms with E-state index in [0.29, 0.717) is 32.1 Å². The fourth-order valence-corrected chi connectivity index (χ4v) is 4.28. The zero-order valence-corrected chi connectivity index (χ0v) is 19.7. The molecule has 1 atom stereocenters. The number of amides is 2. The van der Waals surface area contributed by atoms with Gasteiger partial charge in [-0.3, -0.25) is 14.6 Å². The molecule has 1 aromatic heterocycles. The first-order valence-corrected chi connectivity index (χ1v) is 11.6. The predicted molar refractivity (Wildman–Crippen MR) is 130 cm³/mol. The van der Waals surface area contributed by atoms with E-state index in [4.69, 9.17) is 9.47 Å². The number of aromatic nitrogens is 1. The van der Waals surface area contributed by atoms with Gasteiger partial charge in [-0.05, 0) is 55.5 Å². The van der Waals surface area contributed by atoms with E-state index in [2.05, 4.69) is 28.5 Å². The SMILES string of the molecule is CC(C)(NC(=O)COc1ccccc1)C(=O)N1CCOC[C@@H](Cc2ccc3ccncc3c2)C1. The summed E-state index contributed by atoms with van der Waals surface area (Å²) in [6.07, 6.45) is 4.45. The van der Waals surface area contributed by atoms with Crippen LogP contribution in [0, 0.1) is 5.92 Å². The highest BCUT2D eigenvalue weighted by molar-refractivity contribution is 5.91. The normalized spacial score (nSPS) is 16.6. The molecule has 1 aliphatic rings. The molecule has 2 aromatic carbocycles.